The van der Waals surface area contributed by atoms with Crippen LogP contribution in [-0.4, -0.2) is 43.9 Å². The van der Waals surface area contributed by atoms with Crippen molar-refractivity contribution in [1.29, 1.82) is 0 Å². The highest BCUT2D eigenvalue weighted by Gasteiger charge is 2.45. The largest absolute Gasteiger partial charge is 0.479 e. The molecule has 2 atom stereocenters. The van der Waals surface area contributed by atoms with E-state index in [0.717, 1.165) is 38.8 Å². The Morgan fingerprint density at radius 3 is 2.36 bits per heavy atom. The molecule has 4 aromatic rings. The second-order valence-electron chi connectivity index (χ2n) is 14.4. The molecule has 0 bridgehead atoms. The number of pyridine rings is 2. The number of cyclic esters (lactones) is 1. The molecule has 0 aliphatic carbocycles. The number of ether oxygens (including phenoxy) is 4. The number of ketones is 1. The Morgan fingerprint density at radius 2 is 1.68 bits per heavy atom. The minimum Gasteiger partial charge on any atom is -0.479 e. The standard InChI is InChI=1S/C41H42N2O10/c1-8-25-27-16-24(10-11-31(27)42-35-28(25)18-43-32(35)17-30-29(38(43)47)19-50-39(48)41(30,49)9-2)51-33(45)12-13-34(46)52-36-20(3)21(4)37-26(22(36)5)14-15-40(7,53-37)23(6)44/h10-11,16-17,49H,8-9,12-15,18-19H2,1-7H3/t40-,41-/m0/s1. The van der Waals surface area contributed by atoms with Gasteiger partial charge in [-0.05, 0) is 107 Å². The molecule has 1 N–H and O–H groups in total. The van der Waals surface area contributed by atoms with Crippen LogP contribution in [0.15, 0.2) is 29.1 Å². The van der Waals surface area contributed by atoms with Crippen molar-refractivity contribution in [2.75, 3.05) is 0 Å². The molecule has 2 aromatic carbocycles. The van der Waals surface area contributed by atoms with Gasteiger partial charge in [-0.25, -0.2) is 9.78 Å². The first-order valence-electron chi connectivity index (χ1n) is 18.0. The van der Waals surface area contributed by atoms with E-state index in [4.69, 9.17) is 23.9 Å². The first-order valence-corrected chi connectivity index (χ1v) is 18.0. The zero-order valence-electron chi connectivity index (χ0n) is 31.0. The molecular weight excluding hydrogens is 680 g/mol. The number of hydrogen-bond acceptors (Lipinski definition) is 11. The Morgan fingerprint density at radius 1 is 0.962 bits per heavy atom. The Hall–Kier alpha value is -5.36. The molecule has 12 nitrogen and oxygen atoms in total. The first kappa shape index (κ1) is 36.0. The van der Waals surface area contributed by atoms with Crippen LogP contribution in [0.25, 0.3) is 22.3 Å². The third-order valence-corrected chi connectivity index (χ3v) is 11.3. The summed E-state index contributed by atoms with van der Waals surface area (Å²) in [5.74, 6) is -0.624. The number of Topliss-reactive ketones (excluding diaryl/α,β-unsaturated/α-hetero) is 1. The number of rotatable bonds is 8. The molecule has 2 aromatic heterocycles. The molecule has 7 rings (SSSR count). The van der Waals surface area contributed by atoms with E-state index >= 15 is 0 Å². The van der Waals surface area contributed by atoms with Crippen molar-refractivity contribution in [3.8, 4) is 28.6 Å². The molecule has 0 unspecified atom stereocenters. The van der Waals surface area contributed by atoms with Crippen LogP contribution in [0.3, 0.4) is 0 Å². The number of aliphatic hydroxyl groups is 1. The fourth-order valence-electron chi connectivity index (χ4n) is 7.80. The normalized spacial score (nSPS) is 19.7. The zero-order valence-corrected chi connectivity index (χ0v) is 31.0. The summed E-state index contributed by atoms with van der Waals surface area (Å²) in [6.45, 7) is 12.6. The van der Waals surface area contributed by atoms with E-state index in [1.165, 1.54) is 6.92 Å². The second kappa shape index (κ2) is 12.9. The third kappa shape index (κ3) is 5.70. The van der Waals surface area contributed by atoms with Gasteiger partial charge in [0.15, 0.2) is 17.0 Å². The molecule has 5 heterocycles. The molecule has 3 aliphatic rings. The molecule has 0 fully saturated rings. The van der Waals surface area contributed by atoms with E-state index in [9.17, 15) is 29.1 Å². The van der Waals surface area contributed by atoms with E-state index in [2.05, 4.69) is 0 Å². The maximum Gasteiger partial charge on any atom is 0.343 e. The summed E-state index contributed by atoms with van der Waals surface area (Å²) in [6, 6.07) is 6.77. The van der Waals surface area contributed by atoms with Crippen molar-refractivity contribution in [2.24, 2.45) is 0 Å². The lowest BCUT2D eigenvalue weighted by atomic mass is 9.85. The first-order chi connectivity index (χ1) is 25.1. The number of carbonyl (C=O) groups is 4. The second-order valence-corrected chi connectivity index (χ2v) is 14.4. The molecule has 12 heteroatoms. The Labute approximate surface area is 306 Å². The smallest absolute Gasteiger partial charge is 0.343 e. The molecule has 0 radical (unpaired) electrons. The number of esters is 3. The van der Waals surface area contributed by atoms with Crippen molar-refractivity contribution in [3.05, 3.63) is 79.1 Å². The van der Waals surface area contributed by atoms with Crippen LogP contribution in [0.1, 0.15) is 97.9 Å². The summed E-state index contributed by atoms with van der Waals surface area (Å²) < 4.78 is 24.4. The fraction of sp³-hybridized carbons (Fsp3) is 0.415. The van der Waals surface area contributed by atoms with Crippen LogP contribution in [-0.2, 0) is 55.5 Å². The van der Waals surface area contributed by atoms with Crippen LogP contribution in [0.4, 0.5) is 0 Å². The van der Waals surface area contributed by atoms with Gasteiger partial charge < -0.3 is 28.6 Å². The lowest BCUT2D eigenvalue weighted by Gasteiger charge is -2.36. The van der Waals surface area contributed by atoms with Crippen LogP contribution in [0.2, 0.25) is 0 Å². The van der Waals surface area contributed by atoms with Crippen LogP contribution in [0.5, 0.6) is 17.2 Å². The number of benzene rings is 2. The van der Waals surface area contributed by atoms with Crippen molar-refractivity contribution in [1.82, 2.24) is 9.55 Å². The predicted octanol–water partition coefficient (Wildman–Crippen LogP) is 5.53. The van der Waals surface area contributed by atoms with E-state index in [1.807, 2.05) is 27.7 Å². The van der Waals surface area contributed by atoms with Crippen LogP contribution < -0.4 is 19.8 Å². The number of hydrogen-bond donors (Lipinski definition) is 1. The van der Waals surface area contributed by atoms with Crippen molar-refractivity contribution < 1.29 is 43.2 Å². The predicted molar refractivity (Wildman–Crippen MR) is 193 cm³/mol. The van der Waals surface area contributed by atoms with Crippen molar-refractivity contribution >= 4 is 34.6 Å². The maximum absolute atomic E-state index is 13.6. The number of fused-ring (bicyclic) bond motifs is 6. The summed E-state index contributed by atoms with van der Waals surface area (Å²) in [6.07, 6.45) is 1.36. The van der Waals surface area contributed by atoms with Gasteiger partial charge in [-0.1, -0.05) is 13.8 Å². The van der Waals surface area contributed by atoms with Gasteiger partial charge in [-0.2, -0.15) is 0 Å². The topological polar surface area (TPSA) is 160 Å². The third-order valence-electron chi connectivity index (χ3n) is 11.3. The van der Waals surface area contributed by atoms with Crippen LogP contribution >= 0.6 is 0 Å². The van der Waals surface area contributed by atoms with E-state index < -0.39 is 29.1 Å². The maximum atomic E-state index is 13.6. The van der Waals surface area contributed by atoms with E-state index in [-0.39, 0.29) is 60.6 Å². The van der Waals surface area contributed by atoms with Crippen LogP contribution in [0, 0.1) is 20.8 Å². The molecule has 276 valence electrons. The molecule has 0 saturated heterocycles. The average Bonchev–Trinajstić information content (AvgIpc) is 3.50. The Balaban J connectivity index is 1.08. The summed E-state index contributed by atoms with van der Waals surface area (Å²) in [5.41, 5.74) is 4.04. The number of carbonyl (C=O) groups excluding carboxylic acids is 4. The molecule has 0 spiro atoms. The summed E-state index contributed by atoms with van der Waals surface area (Å²) in [5, 5.41) is 11.9. The van der Waals surface area contributed by atoms with Gasteiger partial charge in [0, 0.05) is 22.1 Å². The molecule has 0 amide bonds. The van der Waals surface area contributed by atoms with Gasteiger partial charge in [0.05, 0.1) is 41.9 Å². The molecule has 3 aliphatic heterocycles. The van der Waals surface area contributed by atoms with Gasteiger partial charge in [-0.3, -0.25) is 19.2 Å². The van der Waals surface area contributed by atoms with E-state index in [1.54, 1.807) is 42.7 Å². The number of aryl methyl sites for hydroxylation is 1. The molecule has 53 heavy (non-hydrogen) atoms. The van der Waals surface area contributed by atoms with Crippen molar-refractivity contribution in [2.45, 2.75) is 111 Å². The zero-order chi connectivity index (χ0) is 38.1. The monoisotopic (exact) mass is 722 g/mol. The lowest BCUT2D eigenvalue weighted by molar-refractivity contribution is -0.172. The van der Waals surface area contributed by atoms with Gasteiger partial charge >= 0.3 is 17.9 Å². The Kier molecular flexibility index (Phi) is 8.80. The summed E-state index contributed by atoms with van der Waals surface area (Å²) in [7, 11) is 0. The minimum atomic E-state index is -1.92. The van der Waals surface area contributed by atoms with E-state index in [0.29, 0.717) is 47.7 Å². The van der Waals surface area contributed by atoms with Gasteiger partial charge in [0.2, 0.25) is 0 Å². The highest BCUT2D eigenvalue weighted by Crippen LogP contribution is 2.45. The molecular formula is C41H42N2O10. The van der Waals surface area contributed by atoms with Crippen molar-refractivity contribution in [3.63, 3.8) is 0 Å². The fourth-order valence-corrected chi connectivity index (χ4v) is 7.80. The number of aromatic nitrogens is 2. The highest BCUT2D eigenvalue weighted by atomic mass is 16.6. The van der Waals surface area contributed by atoms with Gasteiger partial charge in [0.1, 0.15) is 23.9 Å². The van der Waals surface area contributed by atoms with Gasteiger partial charge in [0.25, 0.3) is 5.56 Å². The average molecular weight is 723 g/mol. The summed E-state index contributed by atoms with van der Waals surface area (Å²) in [4.78, 5) is 69.3. The highest BCUT2D eigenvalue weighted by molar-refractivity contribution is 5.91. The number of nitrogens with zero attached hydrogens (tertiary/aromatic N) is 2. The minimum absolute atomic E-state index is 0.0412. The van der Waals surface area contributed by atoms with Gasteiger partial charge in [-0.15, -0.1) is 0 Å². The molecule has 0 saturated carbocycles. The lowest BCUT2D eigenvalue weighted by Crippen LogP contribution is -2.44. The summed E-state index contributed by atoms with van der Waals surface area (Å²) >= 11 is 0. The SMILES string of the molecule is CCc1c2c(nc3ccc(OC(=O)CCC(=O)Oc4c(C)c(C)c5c(c4C)CC[C@@](C)(C(C)=O)O5)cc13)-c1cc3c(c(=O)n1C2)COC(=O)[C@]3(O)CC. The Bertz CT molecular complexity index is 2360. The quantitative estimate of drug-likeness (QED) is 0.158.